The molecule has 2 heterocycles. The van der Waals surface area contributed by atoms with Crippen molar-refractivity contribution in [1.82, 2.24) is 9.78 Å². The first kappa shape index (κ1) is 14.0. The summed E-state index contributed by atoms with van der Waals surface area (Å²) in [4.78, 5) is 0. The van der Waals surface area contributed by atoms with Crippen molar-refractivity contribution in [3.05, 3.63) is 29.5 Å². The zero-order valence-electron chi connectivity index (χ0n) is 11.8. The Bertz CT molecular complexity index is 721. The normalized spacial score (nSPS) is 18.5. The van der Waals surface area contributed by atoms with Gasteiger partial charge in [-0.3, -0.25) is 0 Å². The lowest BCUT2D eigenvalue weighted by molar-refractivity contribution is -0.0375. The lowest BCUT2D eigenvalue weighted by Gasteiger charge is -2.23. The average Bonchev–Trinajstić information content (AvgIpc) is 2.82. The highest BCUT2D eigenvalue weighted by atomic mass is 19.1. The SMILES string of the molecule is CCC#Cc1cc2c(F)nn(C3CCCCO3)c2cc1F. The van der Waals surface area contributed by atoms with Crippen LogP contribution in [0.15, 0.2) is 12.1 Å². The van der Waals surface area contributed by atoms with Crippen LogP contribution in [-0.2, 0) is 4.74 Å². The van der Waals surface area contributed by atoms with Crippen LogP contribution < -0.4 is 0 Å². The topological polar surface area (TPSA) is 27.1 Å². The average molecular weight is 290 g/mol. The monoisotopic (exact) mass is 290 g/mol. The van der Waals surface area contributed by atoms with Crippen LogP contribution in [-0.4, -0.2) is 16.4 Å². The maximum atomic E-state index is 14.1. The van der Waals surface area contributed by atoms with Gasteiger partial charge in [-0.25, -0.2) is 9.07 Å². The van der Waals surface area contributed by atoms with Gasteiger partial charge < -0.3 is 4.74 Å². The summed E-state index contributed by atoms with van der Waals surface area (Å²) in [5, 5.41) is 4.17. The van der Waals surface area contributed by atoms with E-state index in [1.807, 2.05) is 6.92 Å². The molecule has 21 heavy (non-hydrogen) atoms. The molecular formula is C16H16F2N2O. The van der Waals surface area contributed by atoms with Gasteiger partial charge in [-0.05, 0) is 25.3 Å². The predicted molar refractivity (Wildman–Crippen MR) is 75.7 cm³/mol. The van der Waals surface area contributed by atoms with Gasteiger partial charge in [-0.2, -0.15) is 4.39 Å². The first-order valence-corrected chi connectivity index (χ1v) is 7.18. The number of hydrogen-bond acceptors (Lipinski definition) is 2. The van der Waals surface area contributed by atoms with Crippen molar-refractivity contribution in [3.63, 3.8) is 0 Å². The van der Waals surface area contributed by atoms with Crippen LogP contribution in [0.3, 0.4) is 0 Å². The number of benzene rings is 1. The van der Waals surface area contributed by atoms with Crippen LogP contribution in [0.25, 0.3) is 10.9 Å². The Morgan fingerprint density at radius 2 is 2.24 bits per heavy atom. The summed E-state index contributed by atoms with van der Waals surface area (Å²) in [5.74, 6) is 4.44. The molecule has 0 bridgehead atoms. The van der Waals surface area contributed by atoms with Crippen molar-refractivity contribution in [2.24, 2.45) is 0 Å². The van der Waals surface area contributed by atoms with E-state index in [0.29, 0.717) is 18.5 Å². The molecule has 1 aliphatic heterocycles. The molecule has 1 aromatic carbocycles. The molecule has 1 saturated heterocycles. The van der Waals surface area contributed by atoms with E-state index in [1.165, 1.54) is 16.8 Å². The summed E-state index contributed by atoms with van der Waals surface area (Å²) in [6.07, 6.45) is 3.04. The molecule has 1 unspecified atom stereocenters. The zero-order valence-corrected chi connectivity index (χ0v) is 11.8. The van der Waals surface area contributed by atoms with Crippen molar-refractivity contribution in [2.45, 2.75) is 38.8 Å². The van der Waals surface area contributed by atoms with Crippen LogP contribution in [0.2, 0.25) is 0 Å². The van der Waals surface area contributed by atoms with Crippen molar-refractivity contribution in [1.29, 1.82) is 0 Å². The summed E-state index contributed by atoms with van der Waals surface area (Å²) < 4.78 is 35.2. The minimum Gasteiger partial charge on any atom is -0.356 e. The van der Waals surface area contributed by atoms with Crippen molar-refractivity contribution < 1.29 is 13.5 Å². The van der Waals surface area contributed by atoms with Crippen LogP contribution in [0.1, 0.15) is 44.4 Å². The predicted octanol–water partition coefficient (Wildman–Crippen LogP) is 3.78. The van der Waals surface area contributed by atoms with Crippen LogP contribution in [0, 0.1) is 23.6 Å². The Morgan fingerprint density at radius 1 is 1.38 bits per heavy atom. The van der Waals surface area contributed by atoms with E-state index in [1.54, 1.807) is 0 Å². The van der Waals surface area contributed by atoms with Gasteiger partial charge in [0.2, 0.25) is 5.95 Å². The Labute approximate surface area is 121 Å². The number of halogens is 2. The molecule has 1 aromatic heterocycles. The Balaban J connectivity index is 2.09. The zero-order chi connectivity index (χ0) is 14.8. The van der Waals surface area contributed by atoms with E-state index in [4.69, 9.17) is 4.74 Å². The number of ether oxygens (including phenoxy) is 1. The first-order chi connectivity index (χ1) is 10.2. The van der Waals surface area contributed by atoms with E-state index in [2.05, 4.69) is 16.9 Å². The highest BCUT2D eigenvalue weighted by Gasteiger charge is 2.22. The number of fused-ring (bicyclic) bond motifs is 1. The van der Waals surface area contributed by atoms with E-state index in [0.717, 1.165) is 19.3 Å². The molecule has 1 aliphatic rings. The summed E-state index contributed by atoms with van der Waals surface area (Å²) in [5.41, 5.74) is 0.617. The molecule has 1 fully saturated rings. The number of nitrogens with zero attached hydrogens (tertiary/aromatic N) is 2. The molecule has 5 heteroatoms. The van der Waals surface area contributed by atoms with Crippen molar-refractivity contribution >= 4 is 10.9 Å². The molecule has 0 amide bonds. The molecule has 3 rings (SSSR count). The van der Waals surface area contributed by atoms with Crippen LogP contribution in [0.4, 0.5) is 8.78 Å². The van der Waals surface area contributed by atoms with Gasteiger partial charge in [0.25, 0.3) is 0 Å². The third-order valence-corrected chi connectivity index (χ3v) is 3.58. The van der Waals surface area contributed by atoms with Crippen molar-refractivity contribution in [2.75, 3.05) is 6.61 Å². The Hall–Kier alpha value is -1.93. The summed E-state index contributed by atoms with van der Waals surface area (Å²) in [6.45, 7) is 2.50. The Kier molecular flexibility index (Phi) is 3.89. The molecule has 3 nitrogen and oxygen atoms in total. The second-order valence-electron chi connectivity index (χ2n) is 5.06. The van der Waals surface area contributed by atoms with Crippen LogP contribution >= 0.6 is 0 Å². The van der Waals surface area contributed by atoms with Gasteiger partial charge in [0.1, 0.15) is 5.82 Å². The highest BCUT2D eigenvalue weighted by Crippen LogP contribution is 2.29. The maximum Gasteiger partial charge on any atom is 0.240 e. The van der Waals surface area contributed by atoms with Gasteiger partial charge in [-0.15, -0.1) is 5.10 Å². The summed E-state index contributed by atoms with van der Waals surface area (Å²) in [7, 11) is 0. The van der Waals surface area contributed by atoms with Crippen LogP contribution in [0.5, 0.6) is 0 Å². The Morgan fingerprint density at radius 3 is 2.95 bits per heavy atom. The molecule has 1 atom stereocenters. The van der Waals surface area contributed by atoms with Gasteiger partial charge >= 0.3 is 0 Å². The number of aromatic nitrogens is 2. The van der Waals surface area contributed by atoms with E-state index in [9.17, 15) is 8.78 Å². The maximum absolute atomic E-state index is 14.1. The molecule has 110 valence electrons. The third-order valence-electron chi connectivity index (χ3n) is 3.58. The quantitative estimate of drug-likeness (QED) is 0.747. The minimum atomic E-state index is -0.612. The van der Waals surface area contributed by atoms with Gasteiger partial charge in [-0.1, -0.05) is 18.8 Å². The van der Waals surface area contributed by atoms with E-state index in [-0.39, 0.29) is 17.2 Å². The second kappa shape index (κ2) is 5.82. The van der Waals surface area contributed by atoms with Gasteiger partial charge in [0.15, 0.2) is 6.23 Å². The second-order valence-corrected chi connectivity index (χ2v) is 5.06. The lowest BCUT2D eigenvalue weighted by atomic mass is 10.1. The lowest BCUT2D eigenvalue weighted by Crippen LogP contribution is -2.19. The largest absolute Gasteiger partial charge is 0.356 e. The molecule has 0 saturated carbocycles. The first-order valence-electron chi connectivity index (χ1n) is 7.18. The highest BCUT2D eigenvalue weighted by molar-refractivity contribution is 5.81. The molecule has 2 aromatic rings. The molecule has 0 spiro atoms. The molecular weight excluding hydrogens is 274 g/mol. The third kappa shape index (κ3) is 2.64. The minimum absolute atomic E-state index is 0.201. The fourth-order valence-electron chi connectivity index (χ4n) is 2.54. The van der Waals surface area contributed by atoms with Gasteiger partial charge in [0.05, 0.1) is 16.5 Å². The van der Waals surface area contributed by atoms with E-state index < -0.39 is 11.8 Å². The van der Waals surface area contributed by atoms with Gasteiger partial charge in [0, 0.05) is 19.1 Å². The summed E-state index contributed by atoms with van der Waals surface area (Å²) in [6, 6.07) is 2.72. The molecule has 0 aliphatic carbocycles. The van der Waals surface area contributed by atoms with Crippen molar-refractivity contribution in [3.8, 4) is 11.8 Å². The molecule has 0 radical (unpaired) electrons. The van der Waals surface area contributed by atoms with E-state index >= 15 is 0 Å². The standard InChI is InChI=1S/C16H16F2N2O/c1-2-3-6-11-9-12-14(10-13(11)17)20(19-16(12)18)15-7-4-5-8-21-15/h9-10,15H,2,4-5,7-8H2,1H3. The number of rotatable bonds is 1. The number of hydrogen-bond donors (Lipinski definition) is 0. The fourth-order valence-corrected chi connectivity index (χ4v) is 2.54. The fraction of sp³-hybridized carbons (Fsp3) is 0.438. The molecule has 0 N–H and O–H groups in total. The summed E-state index contributed by atoms with van der Waals surface area (Å²) >= 11 is 0. The smallest absolute Gasteiger partial charge is 0.240 e.